The van der Waals surface area contributed by atoms with E-state index in [0.29, 0.717) is 0 Å². The van der Waals surface area contributed by atoms with Gasteiger partial charge >= 0.3 is 0 Å². The summed E-state index contributed by atoms with van der Waals surface area (Å²) < 4.78 is 5.02. The van der Waals surface area contributed by atoms with E-state index in [1.165, 1.54) is 17.2 Å². The maximum absolute atomic E-state index is 5.02. The van der Waals surface area contributed by atoms with Crippen LogP contribution in [0.15, 0.2) is 23.0 Å². The number of anilines is 1. The van der Waals surface area contributed by atoms with Gasteiger partial charge in [-0.25, -0.2) is 0 Å². The minimum Gasteiger partial charge on any atom is -0.470 e. The van der Waals surface area contributed by atoms with Crippen molar-refractivity contribution in [2.75, 3.05) is 29.5 Å². The molecule has 0 amide bonds. The minimum atomic E-state index is 1.16. The van der Waals surface area contributed by atoms with Crippen molar-refractivity contribution in [3.8, 4) is 0 Å². The molecule has 1 saturated heterocycles. The normalized spacial score (nSPS) is 18.7. The smallest absolute Gasteiger partial charge is 0.114 e. The zero-order chi connectivity index (χ0) is 7.52. The number of nitrogens with zero attached hydrogens (tertiary/aromatic N) is 1. The number of rotatable bonds is 1. The van der Waals surface area contributed by atoms with Crippen LogP contribution in [0.25, 0.3) is 0 Å². The lowest BCUT2D eigenvalue weighted by Crippen LogP contribution is -2.31. The summed E-state index contributed by atoms with van der Waals surface area (Å²) in [5.74, 6) is 2.48. The molecule has 60 valence electrons. The van der Waals surface area contributed by atoms with Crippen molar-refractivity contribution < 1.29 is 4.42 Å². The Hall–Kier alpha value is -0.570. The lowest BCUT2D eigenvalue weighted by Gasteiger charge is -2.26. The Morgan fingerprint density at radius 1 is 1.36 bits per heavy atom. The number of hydrogen-bond donors (Lipinski definition) is 0. The number of furan rings is 1. The van der Waals surface area contributed by atoms with Gasteiger partial charge in [0, 0.05) is 24.6 Å². The highest BCUT2D eigenvalue weighted by Gasteiger charge is 2.10. The van der Waals surface area contributed by atoms with Crippen LogP contribution in [0.2, 0.25) is 0 Å². The molecule has 0 atom stereocenters. The van der Waals surface area contributed by atoms with Crippen molar-refractivity contribution in [1.29, 1.82) is 0 Å². The van der Waals surface area contributed by atoms with Crippen molar-refractivity contribution >= 4 is 17.4 Å². The summed E-state index contributed by atoms with van der Waals surface area (Å²) in [6.07, 6.45) is 3.55. The molecule has 1 fully saturated rings. The lowest BCUT2D eigenvalue weighted by molar-refractivity contribution is 0.566. The van der Waals surface area contributed by atoms with Crippen LogP contribution in [0.1, 0.15) is 0 Å². The maximum Gasteiger partial charge on any atom is 0.114 e. The molecule has 0 aliphatic carbocycles. The summed E-state index contributed by atoms with van der Waals surface area (Å²) in [5, 5.41) is 0. The van der Waals surface area contributed by atoms with E-state index >= 15 is 0 Å². The van der Waals surface area contributed by atoms with Gasteiger partial charge in [-0.2, -0.15) is 11.8 Å². The first kappa shape index (κ1) is 7.10. The van der Waals surface area contributed by atoms with Crippen LogP contribution >= 0.6 is 11.8 Å². The maximum atomic E-state index is 5.02. The van der Waals surface area contributed by atoms with Crippen LogP contribution in [0.4, 0.5) is 5.69 Å². The topological polar surface area (TPSA) is 16.4 Å². The number of thioether (sulfide) groups is 1. The van der Waals surface area contributed by atoms with Gasteiger partial charge in [0.15, 0.2) is 0 Å². The second-order valence-electron chi connectivity index (χ2n) is 2.58. The van der Waals surface area contributed by atoms with E-state index in [-0.39, 0.29) is 0 Å². The van der Waals surface area contributed by atoms with Crippen molar-refractivity contribution in [2.45, 2.75) is 0 Å². The molecule has 11 heavy (non-hydrogen) atoms. The highest BCUT2D eigenvalue weighted by atomic mass is 32.2. The van der Waals surface area contributed by atoms with E-state index in [9.17, 15) is 0 Å². The second-order valence-corrected chi connectivity index (χ2v) is 3.81. The van der Waals surface area contributed by atoms with Crippen LogP contribution in [-0.4, -0.2) is 24.6 Å². The summed E-state index contributed by atoms with van der Waals surface area (Å²) in [4.78, 5) is 2.36. The average molecular weight is 169 g/mol. The molecule has 0 aromatic carbocycles. The molecule has 3 heteroatoms. The predicted octanol–water partition coefficient (Wildman–Crippen LogP) is 1.83. The largest absolute Gasteiger partial charge is 0.470 e. The Labute approximate surface area is 70.6 Å². The number of hydrogen-bond acceptors (Lipinski definition) is 3. The third-order valence-electron chi connectivity index (χ3n) is 1.88. The van der Waals surface area contributed by atoms with E-state index in [1.807, 2.05) is 24.1 Å². The highest BCUT2D eigenvalue weighted by molar-refractivity contribution is 7.99. The fourth-order valence-electron chi connectivity index (χ4n) is 1.26. The molecule has 2 heterocycles. The van der Waals surface area contributed by atoms with Gasteiger partial charge < -0.3 is 9.32 Å². The molecule has 1 aliphatic heterocycles. The molecule has 0 unspecified atom stereocenters. The summed E-state index contributed by atoms with van der Waals surface area (Å²) in [5.41, 5.74) is 1.23. The standard InChI is InChI=1S/C8H11NOS/c1-4-10-7-8(1)9-2-5-11-6-3-9/h1,4,7H,2-3,5-6H2. The van der Waals surface area contributed by atoms with Gasteiger partial charge in [-0.05, 0) is 6.07 Å². The van der Waals surface area contributed by atoms with Crippen molar-refractivity contribution in [2.24, 2.45) is 0 Å². The Morgan fingerprint density at radius 2 is 2.18 bits per heavy atom. The first-order chi connectivity index (χ1) is 5.47. The predicted molar refractivity (Wildman–Crippen MR) is 48.2 cm³/mol. The zero-order valence-corrected chi connectivity index (χ0v) is 7.14. The summed E-state index contributed by atoms with van der Waals surface area (Å²) >= 11 is 2.02. The van der Waals surface area contributed by atoms with E-state index in [1.54, 1.807) is 6.26 Å². The molecule has 1 aromatic rings. The van der Waals surface area contributed by atoms with Crippen molar-refractivity contribution in [3.63, 3.8) is 0 Å². The van der Waals surface area contributed by atoms with E-state index in [2.05, 4.69) is 4.90 Å². The van der Waals surface area contributed by atoms with Gasteiger partial charge in [-0.3, -0.25) is 0 Å². The highest BCUT2D eigenvalue weighted by Crippen LogP contribution is 2.18. The first-order valence-electron chi connectivity index (χ1n) is 3.82. The molecule has 1 aliphatic rings. The Morgan fingerprint density at radius 3 is 2.82 bits per heavy atom. The third-order valence-corrected chi connectivity index (χ3v) is 2.82. The van der Waals surface area contributed by atoms with Gasteiger partial charge in [0.1, 0.15) is 6.26 Å². The van der Waals surface area contributed by atoms with Gasteiger partial charge in [0.25, 0.3) is 0 Å². The third kappa shape index (κ3) is 1.53. The van der Waals surface area contributed by atoms with Crippen LogP contribution < -0.4 is 4.90 Å². The Balaban J connectivity index is 2.04. The minimum absolute atomic E-state index is 1.16. The van der Waals surface area contributed by atoms with Crippen LogP contribution in [0.3, 0.4) is 0 Å². The molecule has 0 N–H and O–H groups in total. The van der Waals surface area contributed by atoms with E-state index < -0.39 is 0 Å². The fourth-order valence-corrected chi connectivity index (χ4v) is 2.16. The van der Waals surface area contributed by atoms with Gasteiger partial charge in [-0.1, -0.05) is 0 Å². The van der Waals surface area contributed by atoms with Gasteiger partial charge in [0.05, 0.1) is 12.0 Å². The first-order valence-corrected chi connectivity index (χ1v) is 4.97. The molecular formula is C8H11NOS. The fraction of sp³-hybridized carbons (Fsp3) is 0.500. The van der Waals surface area contributed by atoms with E-state index in [0.717, 1.165) is 13.1 Å². The quantitative estimate of drug-likeness (QED) is 0.638. The summed E-state index contributed by atoms with van der Waals surface area (Å²) in [6.45, 7) is 2.31. The molecule has 0 radical (unpaired) electrons. The molecule has 0 spiro atoms. The second kappa shape index (κ2) is 3.22. The van der Waals surface area contributed by atoms with Crippen LogP contribution in [-0.2, 0) is 0 Å². The molecule has 0 saturated carbocycles. The van der Waals surface area contributed by atoms with E-state index in [4.69, 9.17) is 4.42 Å². The summed E-state index contributed by atoms with van der Waals surface area (Å²) in [7, 11) is 0. The van der Waals surface area contributed by atoms with Crippen LogP contribution in [0.5, 0.6) is 0 Å². The lowest BCUT2D eigenvalue weighted by atomic mass is 10.4. The SMILES string of the molecule is c1cc(N2CCSCC2)co1. The van der Waals surface area contributed by atoms with Crippen LogP contribution in [0, 0.1) is 0 Å². The zero-order valence-electron chi connectivity index (χ0n) is 6.32. The molecule has 0 bridgehead atoms. The Kier molecular flexibility index (Phi) is 2.08. The molecule has 1 aromatic heterocycles. The summed E-state index contributed by atoms with van der Waals surface area (Å²) in [6, 6.07) is 2.02. The van der Waals surface area contributed by atoms with Crippen molar-refractivity contribution in [3.05, 3.63) is 18.6 Å². The molecular weight excluding hydrogens is 158 g/mol. The monoisotopic (exact) mass is 169 g/mol. The van der Waals surface area contributed by atoms with Crippen molar-refractivity contribution in [1.82, 2.24) is 0 Å². The molecule has 2 nitrogen and oxygen atoms in total. The molecule has 2 rings (SSSR count). The van der Waals surface area contributed by atoms with Gasteiger partial charge in [0.2, 0.25) is 0 Å². The van der Waals surface area contributed by atoms with Gasteiger partial charge in [-0.15, -0.1) is 0 Å². The Bertz CT molecular complexity index is 204. The average Bonchev–Trinajstić information content (AvgIpc) is 2.58.